The normalized spacial score (nSPS) is 23.8. The second kappa shape index (κ2) is 4.90. The fourth-order valence-corrected chi connectivity index (χ4v) is 2.72. The Morgan fingerprint density at radius 3 is 2.44 bits per heavy atom. The van der Waals surface area contributed by atoms with E-state index in [0.717, 1.165) is 6.54 Å². The summed E-state index contributed by atoms with van der Waals surface area (Å²) in [6, 6.07) is 6.59. The van der Waals surface area contributed by atoms with Gasteiger partial charge in [-0.3, -0.25) is 0 Å². The molecule has 18 heavy (non-hydrogen) atoms. The molecule has 1 unspecified atom stereocenters. The van der Waals surface area contributed by atoms with Crippen LogP contribution in [0.25, 0.3) is 0 Å². The van der Waals surface area contributed by atoms with E-state index in [9.17, 15) is 5.11 Å². The third kappa shape index (κ3) is 2.85. The van der Waals surface area contributed by atoms with Gasteiger partial charge < -0.3 is 15.3 Å². The number of aliphatic hydroxyl groups excluding tert-OH is 1. The molecule has 1 aliphatic heterocycles. The van der Waals surface area contributed by atoms with Crippen molar-refractivity contribution in [2.24, 2.45) is 0 Å². The van der Waals surface area contributed by atoms with Gasteiger partial charge in [-0.15, -0.1) is 0 Å². The predicted octanol–water partition coefficient (Wildman–Crippen LogP) is 1.85. The summed E-state index contributed by atoms with van der Waals surface area (Å²) in [5.74, 6) is 0. The van der Waals surface area contributed by atoms with Gasteiger partial charge in [0.05, 0.1) is 6.10 Å². The monoisotopic (exact) mass is 248 g/mol. The lowest BCUT2D eigenvalue weighted by molar-refractivity contribution is 0.183. The molecule has 1 fully saturated rings. The van der Waals surface area contributed by atoms with Gasteiger partial charge in [0.15, 0.2) is 0 Å². The molecule has 2 rings (SSSR count). The maximum atomic E-state index is 9.99. The van der Waals surface area contributed by atoms with Crippen LogP contribution in [0.15, 0.2) is 18.2 Å². The molecule has 1 atom stereocenters. The summed E-state index contributed by atoms with van der Waals surface area (Å²) in [6.07, 6.45) is -0.312. The van der Waals surface area contributed by atoms with Gasteiger partial charge in [0, 0.05) is 30.9 Å². The maximum absolute atomic E-state index is 9.99. The highest BCUT2D eigenvalue weighted by Crippen LogP contribution is 2.27. The van der Waals surface area contributed by atoms with Crippen LogP contribution in [0.2, 0.25) is 0 Å². The van der Waals surface area contributed by atoms with Crippen molar-refractivity contribution in [1.82, 2.24) is 5.32 Å². The number of nitrogens with one attached hydrogen (secondary N) is 1. The fraction of sp³-hybridized carbons (Fsp3) is 0.600. The number of benzene rings is 1. The number of hydrogen-bond acceptors (Lipinski definition) is 3. The van der Waals surface area contributed by atoms with Crippen LogP contribution < -0.4 is 10.2 Å². The van der Waals surface area contributed by atoms with Gasteiger partial charge in [0.1, 0.15) is 0 Å². The molecule has 0 bridgehead atoms. The van der Waals surface area contributed by atoms with Crippen LogP contribution in [0.4, 0.5) is 5.69 Å². The average Bonchev–Trinajstić information content (AvgIpc) is 2.36. The molecule has 0 radical (unpaired) electrons. The molecule has 1 aliphatic rings. The van der Waals surface area contributed by atoms with E-state index >= 15 is 0 Å². The second-order valence-corrected chi connectivity index (χ2v) is 6.05. The first-order valence-electron chi connectivity index (χ1n) is 6.63. The van der Waals surface area contributed by atoms with Crippen LogP contribution in [0.1, 0.15) is 25.0 Å². The molecule has 0 spiro atoms. The summed E-state index contributed by atoms with van der Waals surface area (Å²) in [4.78, 5) is 2.32. The summed E-state index contributed by atoms with van der Waals surface area (Å²) >= 11 is 0. The standard InChI is InChI=1S/C15H24N2O/c1-11-5-12(2)7-13(6-11)17-9-14(18)8-16-10-15(17,3)4/h5-7,14,16,18H,8-10H2,1-4H3. The number of anilines is 1. The Labute approximate surface area is 110 Å². The van der Waals surface area contributed by atoms with Gasteiger partial charge in [-0.2, -0.15) is 0 Å². The van der Waals surface area contributed by atoms with Crippen molar-refractivity contribution in [2.75, 3.05) is 24.5 Å². The van der Waals surface area contributed by atoms with E-state index < -0.39 is 0 Å². The zero-order valence-corrected chi connectivity index (χ0v) is 11.8. The van der Waals surface area contributed by atoms with E-state index in [1.807, 2.05) is 0 Å². The molecule has 0 aromatic heterocycles. The number of hydrogen-bond donors (Lipinski definition) is 2. The van der Waals surface area contributed by atoms with E-state index in [1.54, 1.807) is 0 Å². The molecule has 3 nitrogen and oxygen atoms in total. The minimum Gasteiger partial charge on any atom is -0.390 e. The summed E-state index contributed by atoms with van der Waals surface area (Å²) in [5, 5.41) is 13.3. The predicted molar refractivity (Wildman–Crippen MR) is 76.2 cm³/mol. The summed E-state index contributed by atoms with van der Waals surface area (Å²) < 4.78 is 0. The number of nitrogens with zero attached hydrogens (tertiary/aromatic N) is 1. The van der Waals surface area contributed by atoms with Gasteiger partial charge in [0.25, 0.3) is 0 Å². The van der Waals surface area contributed by atoms with Crippen LogP contribution in [-0.2, 0) is 0 Å². The smallest absolute Gasteiger partial charge is 0.0839 e. The van der Waals surface area contributed by atoms with Crippen molar-refractivity contribution in [1.29, 1.82) is 0 Å². The van der Waals surface area contributed by atoms with E-state index in [0.29, 0.717) is 13.1 Å². The zero-order valence-electron chi connectivity index (χ0n) is 11.8. The Morgan fingerprint density at radius 2 is 1.83 bits per heavy atom. The van der Waals surface area contributed by atoms with E-state index in [-0.39, 0.29) is 11.6 Å². The van der Waals surface area contributed by atoms with Crippen molar-refractivity contribution in [3.8, 4) is 0 Å². The Hall–Kier alpha value is -1.06. The van der Waals surface area contributed by atoms with E-state index in [1.165, 1.54) is 16.8 Å². The van der Waals surface area contributed by atoms with Crippen molar-refractivity contribution in [3.63, 3.8) is 0 Å². The van der Waals surface area contributed by atoms with Gasteiger partial charge in [-0.1, -0.05) is 6.07 Å². The molecule has 0 aliphatic carbocycles. The highest BCUT2D eigenvalue weighted by molar-refractivity contribution is 5.53. The molecule has 100 valence electrons. The minimum absolute atomic E-state index is 0.0116. The molecule has 0 saturated carbocycles. The van der Waals surface area contributed by atoms with Crippen LogP contribution in [0.5, 0.6) is 0 Å². The van der Waals surface area contributed by atoms with Crippen molar-refractivity contribution in [3.05, 3.63) is 29.3 Å². The molecule has 1 aromatic carbocycles. The third-order valence-electron chi connectivity index (χ3n) is 3.58. The highest BCUT2D eigenvalue weighted by Gasteiger charge is 2.31. The van der Waals surface area contributed by atoms with Crippen molar-refractivity contribution < 1.29 is 5.11 Å². The lowest BCUT2D eigenvalue weighted by Gasteiger charge is -2.39. The second-order valence-electron chi connectivity index (χ2n) is 6.05. The Bertz CT molecular complexity index is 408. The number of β-amino-alcohol motifs (C(OH)–C–C–N with tert-alkyl or cyclic N) is 1. The number of aliphatic hydroxyl groups is 1. The van der Waals surface area contributed by atoms with Crippen LogP contribution in [0, 0.1) is 13.8 Å². The molecular formula is C15H24N2O. The first-order chi connectivity index (χ1) is 8.38. The average molecular weight is 248 g/mol. The minimum atomic E-state index is -0.312. The molecular weight excluding hydrogens is 224 g/mol. The number of aryl methyl sites for hydroxylation is 2. The first kappa shape index (κ1) is 13.4. The van der Waals surface area contributed by atoms with Crippen molar-refractivity contribution >= 4 is 5.69 Å². The SMILES string of the molecule is Cc1cc(C)cc(N2CC(O)CNCC2(C)C)c1. The van der Waals surface area contributed by atoms with Gasteiger partial charge in [-0.25, -0.2) is 0 Å². The lowest BCUT2D eigenvalue weighted by atomic mass is 10.0. The molecule has 1 aromatic rings. The van der Waals surface area contributed by atoms with E-state index in [2.05, 4.69) is 56.1 Å². The van der Waals surface area contributed by atoms with Crippen LogP contribution in [-0.4, -0.2) is 36.4 Å². The summed E-state index contributed by atoms with van der Waals surface area (Å²) in [6.45, 7) is 10.9. The van der Waals surface area contributed by atoms with Crippen molar-refractivity contribution in [2.45, 2.75) is 39.3 Å². The topological polar surface area (TPSA) is 35.5 Å². The molecule has 0 amide bonds. The zero-order chi connectivity index (χ0) is 13.3. The van der Waals surface area contributed by atoms with Crippen LogP contribution >= 0.6 is 0 Å². The molecule has 1 heterocycles. The molecule has 1 saturated heterocycles. The maximum Gasteiger partial charge on any atom is 0.0839 e. The van der Waals surface area contributed by atoms with Crippen LogP contribution in [0.3, 0.4) is 0 Å². The lowest BCUT2D eigenvalue weighted by Crippen LogP contribution is -2.49. The van der Waals surface area contributed by atoms with E-state index in [4.69, 9.17) is 0 Å². The van der Waals surface area contributed by atoms with Gasteiger partial charge in [-0.05, 0) is 51.0 Å². The molecule has 2 N–H and O–H groups in total. The summed E-state index contributed by atoms with van der Waals surface area (Å²) in [5.41, 5.74) is 3.76. The Morgan fingerprint density at radius 1 is 1.22 bits per heavy atom. The first-order valence-corrected chi connectivity index (χ1v) is 6.63. The number of rotatable bonds is 1. The molecule has 3 heteroatoms. The quantitative estimate of drug-likeness (QED) is 0.796. The summed E-state index contributed by atoms with van der Waals surface area (Å²) in [7, 11) is 0. The Balaban J connectivity index is 2.38. The Kier molecular flexibility index (Phi) is 3.64. The van der Waals surface area contributed by atoms with Gasteiger partial charge >= 0.3 is 0 Å². The largest absolute Gasteiger partial charge is 0.390 e. The third-order valence-corrected chi connectivity index (χ3v) is 3.58. The highest BCUT2D eigenvalue weighted by atomic mass is 16.3. The fourth-order valence-electron chi connectivity index (χ4n) is 2.72. The van der Waals surface area contributed by atoms with Gasteiger partial charge in [0.2, 0.25) is 0 Å².